The van der Waals surface area contributed by atoms with Gasteiger partial charge in [0.25, 0.3) is 0 Å². The zero-order valence-electron chi connectivity index (χ0n) is 12.9. The van der Waals surface area contributed by atoms with E-state index in [1.54, 1.807) is 6.07 Å². The van der Waals surface area contributed by atoms with E-state index in [4.69, 9.17) is 5.73 Å². The molecule has 4 heteroatoms. The van der Waals surface area contributed by atoms with Crippen LogP contribution in [0, 0.1) is 5.41 Å². The van der Waals surface area contributed by atoms with Gasteiger partial charge in [0, 0.05) is 6.04 Å². The molecule has 0 aromatic heterocycles. The molecular weight excluding hydrogens is 282 g/mol. The fourth-order valence-electron chi connectivity index (χ4n) is 3.86. The molecule has 0 bridgehead atoms. The lowest BCUT2D eigenvalue weighted by Gasteiger charge is -2.41. The predicted molar refractivity (Wildman–Crippen MR) is 85.0 cm³/mol. The van der Waals surface area contributed by atoms with E-state index in [2.05, 4.69) is 13.8 Å². The third-order valence-corrected chi connectivity index (χ3v) is 7.65. The van der Waals surface area contributed by atoms with E-state index in [0.717, 1.165) is 32.1 Å². The van der Waals surface area contributed by atoms with Gasteiger partial charge in [0.05, 0.1) is 10.1 Å². The maximum atomic E-state index is 13.0. The first-order chi connectivity index (χ1) is 9.82. The Labute approximate surface area is 127 Å². The third-order valence-electron chi connectivity index (χ3n) is 5.41. The van der Waals surface area contributed by atoms with Gasteiger partial charge in [-0.05, 0) is 60.8 Å². The number of hydrogen-bond donors (Lipinski definition) is 1. The smallest absolute Gasteiger partial charge is 0.182 e. The van der Waals surface area contributed by atoms with Crippen LogP contribution in [-0.4, -0.2) is 19.7 Å². The van der Waals surface area contributed by atoms with Gasteiger partial charge in [0.15, 0.2) is 9.84 Å². The summed E-state index contributed by atoms with van der Waals surface area (Å²) in [5.41, 5.74) is 8.73. The minimum atomic E-state index is -3.33. The lowest BCUT2D eigenvalue weighted by Crippen LogP contribution is -2.52. The fourth-order valence-corrected chi connectivity index (χ4v) is 6.00. The normalized spacial score (nSPS) is 28.3. The predicted octanol–water partition coefficient (Wildman–Crippen LogP) is 2.86. The number of hydrogen-bond acceptors (Lipinski definition) is 3. The number of nitrogens with two attached hydrogens (primary N) is 1. The van der Waals surface area contributed by atoms with E-state index in [-0.39, 0.29) is 11.5 Å². The van der Waals surface area contributed by atoms with Crippen molar-refractivity contribution in [2.24, 2.45) is 11.1 Å². The molecule has 2 N–H and O–H groups in total. The molecule has 2 atom stereocenters. The third kappa shape index (κ3) is 2.53. The maximum Gasteiger partial charge on any atom is 0.182 e. The van der Waals surface area contributed by atoms with Crippen LogP contribution >= 0.6 is 0 Å². The van der Waals surface area contributed by atoms with Crippen LogP contribution in [0.5, 0.6) is 0 Å². The van der Waals surface area contributed by atoms with Crippen LogP contribution in [-0.2, 0) is 22.7 Å². The molecule has 3 nitrogen and oxygen atoms in total. The van der Waals surface area contributed by atoms with E-state index in [9.17, 15) is 8.42 Å². The summed E-state index contributed by atoms with van der Waals surface area (Å²) in [6.45, 7) is 4.17. The molecule has 1 aromatic rings. The monoisotopic (exact) mass is 307 g/mol. The minimum Gasteiger partial charge on any atom is -0.326 e. The van der Waals surface area contributed by atoms with Crippen molar-refractivity contribution in [3.05, 3.63) is 29.3 Å². The van der Waals surface area contributed by atoms with E-state index in [0.29, 0.717) is 11.3 Å². The summed E-state index contributed by atoms with van der Waals surface area (Å²) in [7, 11) is -3.33. The number of aryl methyl sites for hydroxylation is 2. The molecule has 1 aromatic carbocycles. The molecule has 21 heavy (non-hydrogen) atoms. The molecule has 116 valence electrons. The Hall–Kier alpha value is -0.870. The molecule has 0 saturated heterocycles. The second-order valence-electron chi connectivity index (χ2n) is 7.27. The Bertz CT molecular complexity index is 649. The first kappa shape index (κ1) is 15.0. The van der Waals surface area contributed by atoms with Crippen molar-refractivity contribution >= 4 is 9.84 Å². The van der Waals surface area contributed by atoms with Crippen LogP contribution in [0.2, 0.25) is 0 Å². The van der Waals surface area contributed by atoms with Crippen LogP contribution in [0.25, 0.3) is 0 Å². The van der Waals surface area contributed by atoms with Crippen LogP contribution in [0.3, 0.4) is 0 Å². The zero-order valence-corrected chi connectivity index (χ0v) is 13.7. The lowest BCUT2D eigenvalue weighted by atomic mass is 9.73. The Morgan fingerprint density at radius 1 is 1.14 bits per heavy atom. The van der Waals surface area contributed by atoms with E-state index >= 15 is 0 Å². The molecule has 0 radical (unpaired) electrons. The summed E-state index contributed by atoms with van der Waals surface area (Å²) in [5.74, 6) is 0. The molecular formula is C17H25NO2S. The fraction of sp³-hybridized carbons (Fsp3) is 0.647. The molecule has 0 aliphatic heterocycles. The van der Waals surface area contributed by atoms with Crippen molar-refractivity contribution in [3.8, 4) is 0 Å². The van der Waals surface area contributed by atoms with Crippen LogP contribution < -0.4 is 5.73 Å². The Kier molecular flexibility index (Phi) is 3.65. The molecule has 0 amide bonds. The van der Waals surface area contributed by atoms with Crippen molar-refractivity contribution in [3.63, 3.8) is 0 Å². The molecule has 1 saturated carbocycles. The summed E-state index contributed by atoms with van der Waals surface area (Å²) in [5, 5.41) is -0.444. The van der Waals surface area contributed by atoms with E-state index < -0.39 is 15.1 Å². The van der Waals surface area contributed by atoms with Gasteiger partial charge in [0.1, 0.15) is 0 Å². The molecule has 0 spiro atoms. The second-order valence-corrected chi connectivity index (χ2v) is 9.44. The number of fused-ring (bicyclic) bond motifs is 1. The van der Waals surface area contributed by atoms with Crippen LogP contribution in [0.1, 0.15) is 50.7 Å². The Morgan fingerprint density at radius 2 is 1.86 bits per heavy atom. The van der Waals surface area contributed by atoms with Gasteiger partial charge in [-0.15, -0.1) is 0 Å². The van der Waals surface area contributed by atoms with E-state index in [1.807, 2.05) is 12.1 Å². The minimum absolute atomic E-state index is 0.104. The quantitative estimate of drug-likeness (QED) is 0.914. The second kappa shape index (κ2) is 5.10. The van der Waals surface area contributed by atoms with Gasteiger partial charge in [-0.3, -0.25) is 0 Å². The summed E-state index contributed by atoms with van der Waals surface area (Å²) < 4.78 is 26.0. The highest BCUT2D eigenvalue weighted by molar-refractivity contribution is 7.92. The van der Waals surface area contributed by atoms with Gasteiger partial charge in [-0.1, -0.05) is 26.3 Å². The summed E-state index contributed by atoms with van der Waals surface area (Å²) >= 11 is 0. The largest absolute Gasteiger partial charge is 0.326 e. The summed E-state index contributed by atoms with van der Waals surface area (Å²) in [6.07, 6.45) is 5.84. The van der Waals surface area contributed by atoms with Crippen molar-refractivity contribution < 1.29 is 8.42 Å². The average Bonchev–Trinajstić information content (AvgIpc) is 2.88. The van der Waals surface area contributed by atoms with Crippen molar-refractivity contribution in [2.75, 3.05) is 0 Å². The van der Waals surface area contributed by atoms with E-state index in [1.165, 1.54) is 11.1 Å². The van der Waals surface area contributed by atoms with Crippen LogP contribution in [0.4, 0.5) is 0 Å². The summed E-state index contributed by atoms with van der Waals surface area (Å²) in [4.78, 5) is 0.473. The first-order valence-corrected chi connectivity index (χ1v) is 9.48. The van der Waals surface area contributed by atoms with Gasteiger partial charge in [-0.2, -0.15) is 0 Å². The molecule has 2 unspecified atom stereocenters. The molecule has 2 aliphatic carbocycles. The van der Waals surface area contributed by atoms with Crippen molar-refractivity contribution in [2.45, 2.75) is 68.6 Å². The summed E-state index contributed by atoms with van der Waals surface area (Å²) in [6, 6.07) is 5.39. The highest BCUT2D eigenvalue weighted by Crippen LogP contribution is 2.39. The van der Waals surface area contributed by atoms with Gasteiger partial charge < -0.3 is 5.73 Å². The number of sulfone groups is 1. The zero-order chi connectivity index (χ0) is 15.3. The van der Waals surface area contributed by atoms with Gasteiger partial charge in [-0.25, -0.2) is 8.42 Å². The Morgan fingerprint density at radius 3 is 2.62 bits per heavy atom. The molecule has 2 aliphatic rings. The topological polar surface area (TPSA) is 60.2 Å². The van der Waals surface area contributed by atoms with Gasteiger partial charge >= 0.3 is 0 Å². The van der Waals surface area contributed by atoms with Crippen molar-refractivity contribution in [1.82, 2.24) is 0 Å². The van der Waals surface area contributed by atoms with Gasteiger partial charge in [0.2, 0.25) is 0 Å². The highest BCUT2D eigenvalue weighted by Gasteiger charge is 2.43. The lowest BCUT2D eigenvalue weighted by molar-refractivity contribution is 0.204. The molecule has 0 heterocycles. The Balaban J connectivity index is 1.97. The first-order valence-electron chi connectivity index (χ1n) is 7.94. The standard InChI is InChI=1S/C17H25NO2S/c1-17(2)10-4-7-15(16(17)18)21(19,20)14-9-8-12-5-3-6-13(12)11-14/h8-9,11,15-16H,3-7,10,18H2,1-2H3. The van der Waals surface area contributed by atoms with Crippen molar-refractivity contribution in [1.29, 1.82) is 0 Å². The molecule has 1 fully saturated rings. The average molecular weight is 307 g/mol. The molecule has 3 rings (SSSR count). The SMILES string of the molecule is CC1(C)CCCC(S(=O)(=O)c2ccc3c(c2)CCC3)C1N. The van der Waals surface area contributed by atoms with Crippen LogP contribution in [0.15, 0.2) is 23.1 Å². The maximum absolute atomic E-state index is 13.0. The number of rotatable bonds is 2. The highest BCUT2D eigenvalue weighted by atomic mass is 32.2. The number of benzene rings is 1.